The molecule has 0 saturated carbocycles. The number of rotatable bonds is 4. The second-order valence-corrected chi connectivity index (χ2v) is 6.23. The topological polar surface area (TPSA) is 38.9 Å². The Labute approximate surface area is 127 Å². The third kappa shape index (κ3) is 2.95. The number of aromatic nitrogens is 1. The van der Waals surface area contributed by atoms with Crippen LogP contribution in [0.25, 0.3) is 11.3 Å². The molecule has 2 rings (SSSR count). The maximum absolute atomic E-state index is 6.37. The number of nitrogens with zero attached hydrogens (tertiary/aromatic N) is 1. The fourth-order valence-corrected chi connectivity index (χ4v) is 3.34. The lowest BCUT2D eigenvalue weighted by Gasteiger charge is -2.23. The molecule has 0 aliphatic carbocycles. The molecule has 0 unspecified atom stereocenters. The highest BCUT2D eigenvalue weighted by Crippen LogP contribution is 2.35. The van der Waals surface area contributed by atoms with Crippen molar-refractivity contribution in [3.8, 4) is 11.3 Å². The van der Waals surface area contributed by atoms with E-state index in [0.717, 1.165) is 29.1 Å². The van der Waals surface area contributed by atoms with Gasteiger partial charge in [0.1, 0.15) is 5.01 Å². The van der Waals surface area contributed by atoms with Gasteiger partial charge in [-0.2, -0.15) is 0 Å². The molecule has 0 bridgehead atoms. The summed E-state index contributed by atoms with van der Waals surface area (Å²) in [5.74, 6) is 0. The molecule has 0 atom stereocenters. The van der Waals surface area contributed by atoms with Crippen molar-refractivity contribution in [2.45, 2.75) is 32.2 Å². The van der Waals surface area contributed by atoms with Gasteiger partial charge >= 0.3 is 0 Å². The van der Waals surface area contributed by atoms with Gasteiger partial charge in [-0.25, -0.2) is 4.98 Å². The highest BCUT2D eigenvalue weighted by Gasteiger charge is 2.26. The van der Waals surface area contributed by atoms with E-state index in [2.05, 4.69) is 18.8 Å². The number of hydrogen-bond acceptors (Lipinski definition) is 3. The summed E-state index contributed by atoms with van der Waals surface area (Å²) in [4.78, 5) is 4.65. The van der Waals surface area contributed by atoms with Crippen LogP contribution in [0.5, 0.6) is 0 Å². The Kier molecular flexibility index (Phi) is 4.51. The van der Waals surface area contributed by atoms with E-state index >= 15 is 0 Å². The zero-order chi connectivity index (χ0) is 14.0. The molecular formula is C14H16Cl2N2S. The van der Waals surface area contributed by atoms with E-state index in [1.165, 1.54) is 0 Å². The Morgan fingerprint density at radius 1 is 1.26 bits per heavy atom. The fourth-order valence-electron chi connectivity index (χ4n) is 1.87. The van der Waals surface area contributed by atoms with Crippen molar-refractivity contribution in [1.29, 1.82) is 0 Å². The van der Waals surface area contributed by atoms with Crippen LogP contribution in [0.3, 0.4) is 0 Å². The minimum atomic E-state index is -0.353. The van der Waals surface area contributed by atoms with Gasteiger partial charge in [-0.1, -0.05) is 37.0 Å². The Balaban J connectivity index is 2.44. The number of benzene rings is 1. The molecule has 0 fully saturated rings. The molecule has 0 amide bonds. The Hall–Kier alpha value is -0.610. The van der Waals surface area contributed by atoms with Crippen molar-refractivity contribution in [3.05, 3.63) is 38.6 Å². The predicted molar refractivity (Wildman–Crippen MR) is 84.0 cm³/mol. The van der Waals surface area contributed by atoms with Crippen molar-refractivity contribution < 1.29 is 0 Å². The molecular weight excluding hydrogens is 299 g/mol. The maximum Gasteiger partial charge on any atom is 0.113 e. The SMILES string of the molecule is CCC(N)(CC)c1nc(-c2cc(Cl)ccc2Cl)cs1. The molecule has 2 nitrogen and oxygen atoms in total. The van der Waals surface area contributed by atoms with Crippen LogP contribution in [-0.4, -0.2) is 4.98 Å². The van der Waals surface area contributed by atoms with Crippen LogP contribution in [0.1, 0.15) is 31.7 Å². The van der Waals surface area contributed by atoms with E-state index < -0.39 is 0 Å². The van der Waals surface area contributed by atoms with Crippen molar-refractivity contribution in [3.63, 3.8) is 0 Å². The van der Waals surface area contributed by atoms with E-state index in [1.807, 2.05) is 11.4 Å². The summed E-state index contributed by atoms with van der Waals surface area (Å²) < 4.78 is 0. The molecule has 1 aromatic carbocycles. The van der Waals surface area contributed by atoms with Crippen molar-refractivity contribution in [1.82, 2.24) is 4.98 Å². The first kappa shape index (κ1) is 14.8. The van der Waals surface area contributed by atoms with Crippen molar-refractivity contribution in [2.75, 3.05) is 0 Å². The summed E-state index contributed by atoms with van der Waals surface area (Å²) in [6.07, 6.45) is 1.72. The number of nitrogens with two attached hydrogens (primary N) is 1. The number of hydrogen-bond donors (Lipinski definition) is 1. The van der Waals surface area contributed by atoms with E-state index in [0.29, 0.717) is 10.0 Å². The summed E-state index contributed by atoms with van der Waals surface area (Å²) in [5, 5.41) is 4.24. The molecule has 0 spiro atoms. The van der Waals surface area contributed by atoms with Crippen molar-refractivity contribution >= 4 is 34.5 Å². The Bertz CT molecular complexity index is 577. The highest BCUT2D eigenvalue weighted by atomic mass is 35.5. The van der Waals surface area contributed by atoms with E-state index in [9.17, 15) is 0 Å². The quantitative estimate of drug-likeness (QED) is 0.853. The molecule has 0 saturated heterocycles. The molecule has 102 valence electrons. The lowest BCUT2D eigenvalue weighted by atomic mass is 9.95. The van der Waals surface area contributed by atoms with Crippen LogP contribution in [-0.2, 0) is 5.54 Å². The highest BCUT2D eigenvalue weighted by molar-refractivity contribution is 7.10. The molecule has 0 aliphatic rings. The summed E-state index contributed by atoms with van der Waals surface area (Å²) in [5.41, 5.74) is 7.70. The molecule has 5 heteroatoms. The fraction of sp³-hybridized carbons (Fsp3) is 0.357. The van der Waals surface area contributed by atoms with Crippen LogP contribution in [0.2, 0.25) is 10.0 Å². The number of thiazole rings is 1. The third-order valence-electron chi connectivity index (χ3n) is 3.40. The summed E-state index contributed by atoms with van der Waals surface area (Å²) in [7, 11) is 0. The first-order valence-electron chi connectivity index (χ1n) is 6.20. The minimum absolute atomic E-state index is 0.353. The Morgan fingerprint density at radius 3 is 2.58 bits per heavy atom. The number of halogens is 2. The van der Waals surface area contributed by atoms with Gasteiger partial charge in [-0.05, 0) is 31.0 Å². The summed E-state index contributed by atoms with van der Waals surface area (Å²) >= 11 is 13.8. The smallest absolute Gasteiger partial charge is 0.113 e. The molecule has 1 heterocycles. The van der Waals surface area contributed by atoms with Gasteiger partial charge in [-0.3, -0.25) is 0 Å². The first-order valence-corrected chi connectivity index (χ1v) is 7.84. The van der Waals surface area contributed by atoms with Gasteiger partial charge in [0.2, 0.25) is 0 Å². The second-order valence-electron chi connectivity index (χ2n) is 4.53. The zero-order valence-electron chi connectivity index (χ0n) is 10.9. The first-order chi connectivity index (χ1) is 9.00. The van der Waals surface area contributed by atoms with Crippen LogP contribution in [0.15, 0.2) is 23.6 Å². The van der Waals surface area contributed by atoms with Gasteiger partial charge in [0.15, 0.2) is 0 Å². The molecule has 2 aromatic rings. The minimum Gasteiger partial charge on any atom is -0.319 e. The van der Waals surface area contributed by atoms with Crippen LogP contribution >= 0.6 is 34.5 Å². The van der Waals surface area contributed by atoms with Gasteiger partial charge in [0.05, 0.1) is 16.3 Å². The standard InChI is InChI=1S/C14H16Cl2N2S/c1-3-14(17,4-2)13-18-12(8-19-13)10-7-9(15)5-6-11(10)16/h5-8H,3-4,17H2,1-2H3. The summed E-state index contributed by atoms with van der Waals surface area (Å²) in [6, 6.07) is 5.39. The van der Waals surface area contributed by atoms with Gasteiger partial charge < -0.3 is 5.73 Å². The maximum atomic E-state index is 6.37. The van der Waals surface area contributed by atoms with E-state index in [4.69, 9.17) is 28.9 Å². The molecule has 19 heavy (non-hydrogen) atoms. The molecule has 2 N–H and O–H groups in total. The van der Waals surface area contributed by atoms with Crippen LogP contribution in [0.4, 0.5) is 0 Å². The lowest BCUT2D eigenvalue weighted by Crippen LogP contribution is -2.34. The largest absolute Gasteiger partial charge is 0.319 e. The van der Waals surface area contributed by atoms with Gasteiger partial charge in [-0.15, -0.1) is 11.3 Å². The van der Waals surface area contributed by atoms with Crippen LogP contribution in [0, 0.1) is 0 Å². The second kappa shape index (κ2) is 5.80. The van der Waals surface area contributed by atoms with Crippen LogP contribution < -0.4 is 5.73 Å². The third-order valence-corrected chi connectivity index (χ3v) is 5.02. The lowest BCUT2D eigenvalue weighted by molar-refractivity contribution is 0.411. The monoisotopic (exact) mass is 314 g/mol. The summed E-state index contributed by atoms with van der Waals surface area (Å²) in [6.45, 7) is 4.16. The van der Waals surface area contributed by atoms with Crippen molar-refractivity contribution in [2.24, 2.45) is 5.73 Å². The Morgan fingerprint density at radius 2 is 1.95 bits per heavy atom. The molecule has 0 radical (unpaired) electrons. The average Bonchev–Trinajstić information content (AvgIpc) is 2.90. The van der Waals surface area contributed by atoms with E-state index in [-0.39, 0.29) is 5.54 Å². The van der Waals surface area contributed by atoms with Gasteiger partial charge in [0.25, 0.3) is 0 Å². The van der Waals surface area contributed by atoms with Gasteiger partial charge in [0, 0.05) is 16.0 Å². The zero-order valence-corrected chi connectivity index (χ0v) is 13.2. The predicted octanol–water partition coefficient (Wildman–Crippen LogP) is 5.09. The van der Waals surface area contributed by atoms with E-state index in [1.54, 1.807) is 23.5 Å². The average molecular weight is 315 g/mol. The molecule has 0 aliphatic heterocycles. The molecule has 1 aromatic heterocycles. The normalized spacial score (nSPS) is 11.8.